The highest BCUT2D eigenvalue weighted by Gasteiger charge is 2.23. The predicted molar refractivity (Wildman–Crippen MR) is 86.6 cm³/mol. The smallest absolute Gasteiger partial charge is 0.0998 e. The Morgan fingerprint density at radius 2 is 2.05 bits per heavy atom. The first kappa shape index (κ1) is 12.6. The lowest BCUT2D eigenvalue weighted by atomic mass is 10.0. The number of rotatable bonds is 2. The number of fused-ring (bicyclic) bond motifs is 2. The molecule has 0 fully saturated rings. The number of nitriles is 1. The lowest BCUT2D eigenvalue weighted by Gasteiger charge is -2.13. The summed E-state index contributed by atoms with van der Waals surface area (Å²) < 4.78 is 2.28. The molecule has 4 rings (SSSR count). The average molecular weight is 290 g/mol. The third-order valence-electron chi connectivity index (χ3n) is 4.15. The Morgan fingerprint density at radius 1 is 1.14 bits per heavy atom. The van der Waals surface area contributed by atoms with E-state index in [-0.39, 0.29) is 0 Å². The summed E-state index contributed by atoms with van der Waals surface area (Å²) in [6, 6.07) is 19.0. The number of hydrogen-bond donors (Lipinski definition) is 0. The Hall–Kier alpha value is -2.18. The highest BCUT2D eigenvalue weighted by Crippen LogP contribution is 2.40. The van der Waals surface area contributed by atoms with Gasteiger partial charge in [0.2, 0.25) is 0 Å². The van der Waals surface area contributed by atoms with Gasteiger partial charge in [-0.3, -0.25) is 0 Å². The molecule has 1 unspecified atom stereocenters. The van der Waals surface area contributed by atoms with E-state index in [2.05, 4.69) is 53.2 Å². The van der Waals surface area contributed by atoms with E-state index in [1.807, 2.05) is 23.9 Å². The molecule has 21 heavy (non-hydrogen) atoms. The summed E-state index contributed by atoms with van der Waals surface area (Å²) in [5.41, 5.74) is 3.37. The molecular formula is C18H14N2S. The zero-order valence-corrected chi connectivity index (χ0v) is 12.3. The molecule has 1 aromatic heterocycles. The van der Waals surface area contributed by atoms with E-state index in [1.165, 1.54) is 10.5 Å². The normalized spacial score (nSPS) is 16.8. The van der Waals surface area contributed by atoms with Gasteiger partial charge in [-0.25, -0.2) is 0 Å². The molecule has 0 N–H and O–H groups in total. The second-order valence-corrected chi connectivity index (χ2v) is 6.43. The Morgan fingerprint density at radius 3 is 2.95 bits per heavy atom. The molecule has 0 saturated heterocycles. The minimum absolute atomic E-state index is 0.549. The lowest BCUT2D eigenvalue weighted by Crippen LogP contribution is -2.07. The van der Waals surface area contributed by atoms with E-state index in [0.717, 1.165) is 28.8 Å². The van der Waals surface area contributed by atoms with Crippen molar-refractivity contribution in [1.29, 1.82) is 5.26 Å². The van der Waals surface area contributed by atoms with Crippen molar-refractivity contribution in [2.45, 2.75) is 17.4 Å². The standard InChI is InChI=1S/C18H14N2S/c19-10-13-4-3-6-17-15(13)8-9-20(17)11-14-12-21-18-7-2-1-5-16(14)18/h1-9,14H,11-12H2. The van der Waals surface area contributed by atoms with E-state index in [4.69, 9.17) is 0 Å². The number of nitrogens with zero attached hydrogens (tertiary/aromatic N) is 2. The fraction of sp³-hybridized carbons (Fsp3) is 0.167. The van der Waals surface area contributed by atoms with E-state index in [0.29, 0.717) is 5.92 Å². The van der Waals surface area contributed by atoms with Gasteiger partial charge in [0.1, 0.15) is 0 Å². The second kappa shape index (κ2) is 4.98. The van der Waals surface area contributed by atoms with Gasteiger partial charge in [0.05, 0.1) is 11.6 Å². The number of thioether (sulfide) groups is 1. The van der Waals surface area contributed by atoms with Crippen LogP contribution in [0, 0.1) is 11.3 Å². The zero-order chi connectivity index (χ0) is 14.2. The molecule has 1 aliphatic heterocycles. The number of hydrogen-bond acceptors (Lipinski definition) is 2. The van der Waals surface area contributed by atoms with Crippen LogP contribution in [0.5, 0.6) is 0 Å². The Labute approximate surface area is 128 Å². The second-order valence-electron chi connectivity index (χ2n) is 5.36. The molecule has 102 valence electrons. The maximum absolute atomic E-state index is 9.20. The topological polar surface area (TPSA) is 28.7 Å². The van der Waals surface area contributed by atoms with Gasteiger partial charge < -0.3 is 4.57 Å². The van der Waals surface area contributed by atoms with Crippen molar-refractivity contribution in [3.05, 3.63) is 65.9 Å². The fourth-order valence-corrected chi connectivity index (χ4v) is 4.34. The Balaban J connectivity index is 1.72. The van der Waals surface area contributed by atoms with Crippen LogP contribution in [0.15, 0.2) is 59.6 Å². The van der Waals surface area contributed by atoms with Crippen molar-refractivity contribution in [3.8, 4) is 6.07 Å². The van der Waals surface area contributed by atoms with Crippen molar-refractivity contribution < 1.29 is 0 Å². The van der Waals surface area contributed by atoms with Crippen LogP contribution >= 0.6 is 11.8 Å². The molecule has 1 atom stereocenters. The first-order valence-electron chi connectivity index (χ1n) is 7.06. The third-order valence-corrected chi connectivity index (χ3v) is 5.40. The summed E-state index contributed by atoms with van der Waals surface area (Å²) in [6.45, 7) is 0.975. The molecule has 2 nitrogen and oxygen atoms in total. The van der Waals surface area contributed by atoms with Crippen LogP contribution in [0.3, 0.4) is 0 Å². The molecule has 0 aliphatic carbocycles. The highest BCUT2D eigenvalue weighted by molar-refractivity contribution is 7.99. The zero-order valence-electron chi connectivity index (χ0n) is 11.5. The minimum Gasteiger partial charge on any atom is -0.347 e. The van der Waals surface area contributed by atoms with Gasteiger partial charge in [-0.05, 0) is 29.8 Å². The summed E-state index contributed by atoms with van der Waals surface area (Å²) in [5, 5.41) is 10.3. The van der Waals surface area contributed by atoms with Gasteiger partial charge in [-0.2, -0.15) is 5.26 Å². The van der Waals surface area contributed by atoms with Gasteiger partial charge in [0.25, 0.3) is 0 Å². The van der Waals surface area contributed by atoms with E-state index < -0.39 is 0 Å². The first-order chi connectivity index (χ1) is 10.4. The average Bonchev–Trinajstić information content (AvgIpc) is 3.13. The summed E-state index contributed by atoms with van der Waals surface area (Å²) in [4.78, 5) is 1.41. The predicted octanol–water partition coefficient (Wildman–Crippen LogP) is 4.40. The Kier molecular flexibility index (Phi) is 2.98. The SMILES string of the molecule is N#Cc1cccc2c1ccn2CC1CSc2ccccc21. The maximum atomic E-state index is 9.20. The molecule has 0 amide bonds. The van der Waals surface area contributed by atoms with Crippen LogP contribution in [-0.4, -0.2) is 10.3 Å². The van der Waals surface area contributed by atoms with Crippen LogP contribution in [0.25, 0.3) is 10.9 Å². The summed E-state index contributed by atoms with van der Waals surface area (Å²) in [7, 11) is 0. The molecule has 1 aliphatic rings. The summed E-state index contributed by atoms with van der Waals surface area (Å²) >= 11 is 1.95. The van der Waals surface area contributed by atoms with Crippen LogP contribution in [-0.2, 0) is 6.54 Å². The van der Waals surface area contributed by atoms with Crippen molar-refractivity contribution in [2.24, 2.45) is 0 Å². The molecule has 3 heteroatoms. The van der Waals surface area contributed by atoms with Gasteiger partial charge in [0.15, 0.2) is 0 Å². The molecule has 3 aromatic rings. The number of aromatic nitrogens is 1. The van der Waals surface area contributed by atoms with E-state index >= 15 is 0 Å². The molecule has 0 saturated carbocycles. The molecule has 2 aromatic carbocycles. The maximum Gasteiger partial charge on any atom is 0.0998 e. The van der Waals surface area contributed by atoms with Crippen LogP contribution in [0.2, 0.25) is 0 Å². The summed E-state index contributed by atoms with van der Waals surface area (Å²) in [5.74, 6) is 1.68. The van der Waals surface area contributed by atoms with Crippen LogP contribution < -0.4 is 0 Å². The fourth-order valence-electron chi connectivity index (χ4n) is 3.10. The molecule has 0 spiro atoms. The number of benzene rings is 2. The van der Waals surface area contributed by atoms with E-state index in [1.54, 1.807) is 0 Å². The van der Waals surface area contributed by atoms with Crippen LogP contribution in [0.4, 0.5) is 0 Å². The minimum atomic E-state index is 0.549. The quantitative estimate of drug-likeness (QED) is 0.699. The third kappa shape index (κ3) is 2.03. The Bertz CT molecular complexity index is 857. The van der Waals surface area contributed by atoms with Gasteiger partial charge >= 0.3 is 0 Å². The molecule has 2 heterocycles. The lowest BCUT2D eigenvalue weighted by molar-refractivity contribution is 0.623. The first-order valence-corrected chi connectivity index (χ1v) is 8.05. The van der Waals surface area contributed by atoms with Crippen molar-refractivity contribution >= 4 is 22.7 Å². The molecule has 0 bridgehead atoms. The summed E-state index contributed by atoms with van der Waals surface area (Å²) in [6.07, 6.45) is 2.11. The van der Waals surface area contributed by atoms with Gasteiger partial charge in [-0.1, -0.05) is 24.3 Å². The molecule has 0 radical (unpaired) electrons. The van der Waals surface area contributed by atoms with E-state index in [9.17, 15) is 5.26 Å². The molecular weight excluding hydrogens is 276 g/mol. The van der Waals surface area contributed by atoms with Crippen LogP contribution in [0.1, 0.15) is 17.0 Å². The monoisotopic (exact) mass is 290 g/mol. The highest BCUT2D eigenvalue weighted by atomic mass is 32.2. The van der Waals surface area contributed by atoms with Crippen molar-refractivity contribution in [1.82, 2.24) is 4.57 Å². The largest absolute Gasteiger partial charge is 0.347 e. The van der Waals surface area contributed by atoms with Gasteiger partial charge in [-0.15, -0.1) is 11.8 Å². The van der Waals surface area contributed by atoms with Crippen molar-refractivity contribution in [3.63, 3.8) is 0 Å². The van der Waals surface area contributed by atoms with Crippen molar-refractivity contribution in [2.75, 3.05) is 5.75 Å². The van der Waals surface area contributed by atoms with Gasteiger partial charge in [0, 0.05) is 40.2 Å².